The van der Waals surface area contributed by atoms with E-state index in [1.54, 1.807) is 22.5 Å². The van der Waals surface area contributed by atoms with Crippen molar-refractivity contribution in [2.45, 2.75) is 4.94 Å². The molecule has 0 atom stereocenters. The van der Waals surface area contributed by atoms with Crippen LogP contribution in [0, 0.1) is 0 Å². The van der Waals surface area contributed by atoms with Gasteiger partial charge in [-0.3, -0.25) is 0 Å². The third kappa shape index (κ3) is 126. The van der Waals surface area contributed by atoms with Crippen LogP contribution in [-0.2, 0) is 0 Å². The van der Waals surface area contributed by atoms with E-state index < -0.39 is 0 Å². The molecule has 0 unspecified atom stereocenters. The van der Waals surface area contributed by atoms with Crippen LogP contribution in [0.25, 0.3) is 0 Å². The predicted molar refractivity (Wildman–Crippen MR) is 27.9 cm³/mol. The van der Waals surface area contributed by atoms with Crippen LogP contribution >= 0.6 is 0 Å². The van der Waals surface area contributed by atoms with Gasteiger partial charge >= 0.3 is 27.5 Å². The summed E-state index contributed by atoms with van der Waals surface area (Å²) in [7, 11) is 2.00. The Balaban J connectivity index is -0.0000000225. The molecular weight excluding hydrogens is 187 g/mol. The van der Waals surface area contributed by atoms with E-state index in [4.69, 9.17) is 10.2 Å². The van der Waals surface area contributed by atoms with E-state index in [9.17, 15) is 0 Å². The summed E-state index contributed by atoms with van der Waals surface area (Å²) < 4.78 is 0. The standard InChI is InChI=1S/2CH4O.CH3.Sn/c2*1-2;;/h2*2H,1H3;1H3;. The van der Waals surface area contributed by atoms with Gasteiger partial charge in [-0.25, -0.2) is 0 Å². The maximum absolute atomic E-state index is 7.00. The van der Waals surface area contributed by atoms with Gasteiger partial charge in [-0.15, -0.1) is 0 Å². The first-order chi connectivity index (χ1) is 3.00. The summed E-state index contributed by atoms with van der Waals surface area (Å²) in [5.41, 5.74) is 0. The van der Waals surface area contributed by atoms with Crippen molar-refractivity contribution in [2.24, 2.45) is 0 Å². The molecule has 0 bridgehead atoms. The quantitative estimate of drug-likeness (QED) is 0.511. The summed E-state index contributed by atoms with van der Waals surface area (Å²) in [6.45, 7) is 0. The zero-order chi connectivity index (χ0) is 6.00. The summed E-state index contributed by atoms with van der Waals surface area (Å²) in [5, 5.41) is 14.0. The van der Waals surface area contributed by atoms with Gasteiger partial charge in [-0.1, -0.05) is 0 Å². The summed E-state index contributed by atoms with van der Waals surface area (Å²) >= 11 is 1.55. The van der Waals surface area contributed by atoms with E-state index in [-0.39, 0.29) is 0 Å². The second kappa shape index (κ2) is 247. The average Bonchev–Trinajstić information content (AvgIpc) is 1.81. The summed E-state index contributed by atoms with van der Waals surface area (Å²) in [6, 6.07) is 0. The average molecular weight is 198 g/mol. The molecule has 2 nitrogen and oxygen atoms in total. The first-order valence-electron chi connectivity index (χ1n) is 1.39. The maximum atomic E-state index is 7.00. The number of rotatable bonds is 0. The van der Waals surface area contributed by atoms with Crippen molar-refractivity contribution in [1.29, 1.82) is 0 Å². The third-order valence-electron chi connectivity index (χ3n) is 0. The van der Waals surface area contributed by atoms with Gasteiger partial charge in [0.1, 0.15) is 0 Å². The van der Waals surface area contributed by atoms with Crippen molar-refractivity contribution in [2.75, 3.05) is 14.2 Å². The molecule has 0 heterocycles. The fraction of sp³-hybridized carbons (Fsp3) is 1.00. The van der Waals surface area contributed by atoms with Crippen LogP contribution in [0.1, 0.15) is 0 Å². The molecule has 0 aliphatic rings. The second-order valence-electron chi connectivity index (χ2n) is 0. The Morgan fingerprint density at radius 2 is 0.833 bits per heavy atom. The van der Waals surface area contributed by atoms with Gasteiger partial charge in [0.05, 0.1) is 0 Å². The van der Waals surface area contributed by atoms with Crippen LogP contribution in [-0.4, -0.2) is 47.0 Å². The molecule has 0 spiro atoms. The molecule has 0 aliphatic carbocycles. The van der Waals surface area contributed by atoms with Gasteiger partial charge in [-0.05, 0) is 0 Å². The monoisotopic (exact) mass is 199 g/mol. The minimum atomic E-state index is 1.00. The minimum absolute atomic E-state index is 1.00. The van der Waals surface area contributed by atoms with Crippen molar-refractivity contribution >= 4 is 22.5 Å². The number of aliphatic hydroxyl groups is 2. The topological polar surface area (TPSA) is 40.5 Å². The zero-order valence-electron chi connectivity index (χ0n) is 4.39. The van der Waals surface area contributed by atoms with Crippen molar-refractivity contribution in [3.05, 3.63) is 0 Å². The summed E-state index contributed by atoms with van der Waals surface area (Å²) in [5.74, 6) is 0. The Kier molecular flexibility index (Phi) is 653. The fourth-order valence-corrected chi connectivity index (χ4v) is 0. The molecule has 3 radical (unpaired) electrons. The Morgan fingerprint density at radius 3 is 0.833 bits per heavy atom. The second-order valence-corrected chi connectivity index (χ2v) is 0. The van der Waals surface area contributed by atoms with Crippen molar-refractivity contribution in [3.8, 4) is 0 Å². The van der Waals surface area contributed by atoms with E-state index in [0.29, 0.717) is 0 Å². The van der Waals surface area contributed by atoms with Gasteiger partial charge in [0.2, 0.25) is 0 Å². The van der Waals surface area contributed by atoms with Gasteiger partial charge in [-0.2, -0.15) is 0 Å². The van der Waals surface area contributed by atoms with Gasteiger partial charge in [0, 0.05) is 14.2 Å². The van der Waals surface area contributed by atoms with Crippen molar-refractivity contribution in [3.63, 3.8) is 0 Å². The van der Waals surface area contributed by atoms with Crippen LogP contribution in [0.3, 0.4) is 0 Å². The summed E-state index contributed by atoms with van der Waals surface area (Å²) in [6.07, 6.45) is 0. The molecule has 39 valence electrons. The molecule has 0 aromatic heterocycles. The van der Waals surface area contributed by atoms with Crippen LogP contribution in [0.5, 0.6) is 0 Å². The van der Waals surface area contributed by atoms with E-state index in [0.717, 1.165) is 14.2 Å². The number of hydrogen-bond acceptors (Lipinski definition) is 2. The van der Waals surface area contributed by atoms with Crippen molar-refractivity contribution in [1.82, 2.24) is 0 Å². The molecule has 0 fully saturated rings. The van der Waals surface area contributed by atoms with Crippen LogP contribution in [0.4, 0.5) is 0 Å². The molecule has 0 saturated carbocycles. The van der Waals surface area contributed by atoms with E-state index in [1.165, 1.54) is 0 Å². The molecule has 0 aromatic rings. The van der Waals surface area contributed by atoms with Gasteiger partial charge in [0.15, 0.2) is 0 Å². The predicted octanol–water partition coefficient (Wildman–Crippen LogP) is -0.580. The molecule has 0 aromatic carbocycles. The SMILES string of the molecule is CO.CO.[CH3][Sn]. The normalized spacial score (nSPS) is 3.00. The first kappa shape index (κ1) is 15.9. The number of aliphatic hydroxyl groups excluding tert-OH is 2. The molecular formula is C3H11O2Sn. The molecule has 0 aliphatic heterocycles. The molecule has 3 heteroatoms. The number of hydrogen-bond donors (Lipinski definition) is 2. The Bertz CT molecular complexity index is 8.75. The molecule has 2 N–H and O–H groups in total. The third-order valence-corrected chi connectivity index (χ3v) is 0. The molecule has 6 heavy (non-hydrogen) atoms. The summed E-state index contributed by atoms with van der Waals surface area (Å²) in [4.78, 5) is 2.09. The molecule has 0 saturated heterocycles. The van der Waals surface area contributed by atoms with Crippen LogP contribution in [0.2, 0.25) is 4.94 Å². The van der Waals surface area contributed by atoms with Crippen LogP contribution in [0.15, 0.2) is 0 Å². The van der Waals surface area contributed by atoms with Gasteiger partial charge < -0.3 is 10.2 Å². The Hall–Kier alpha value is 0.719. The Labute approximate surface area is 52.3 Å². The van der Waals surface area contributed by atoms with E-state index in [2.05, 4.69) is 4.94 Å². The Morgan fingerprint density at radius 1 is 0.833 bits per heavy atom. The zero-order valence-corrected chi connectivity index (χ0v) is 7.25. The van der Waals surface area contributed by atoms with Crippen LogP contribution < -0.4 is 0 Å². The van der Waals surface area contributed by atoms with Gasteiger partial charge in [0.25, 0.3) is 0 Å². The first-order valence-corrected chi connectivity index (χ1v) is 4.25. The molecule has 0 rings (SSSR count). The van der Waals surface area contributed by atoms with E-state index in [1.807, 2.05) is 0 Å². The molecule has 0 amide bonds. The fourth-order valence-electron chi connectivity index (χ4n) is 0. The van der Waals surface area contributed by atoms with Crippen molar-refractivity contribution < 1.29 is 10.2 Å². The van der Waals surface area contributed by atoms with E-state index >= 15 is 0 Å².